The standard InChI is InChI=1S/C25H20ClN5O2S/c26-22-10-12-28-24(21(22)14-27)23-9-8-17(15-30-23)13-18-16-31(25-20(18)7-4-11-29-25)34(32,33)19-5-2-1-3-6-19/h1-12,15-16H,13-14,27H2. The van der Waals surface area contributed by atoms with E-state index in [1.165, 1.54) is 3.97 Å². The number of fused-ring (bicyclic) bond motifs is 1. The van der Waals surface area contributed by atoms with Crippen LogP contribution in [0.5, 0.6) is 0 Å². The smallest absolute Gasteiger partial charge is 0.269 e. The second-order valence-electron chi connectivity index (χ2n) is 7.70. The van der Waals surface area contributed by atoms with E-state index >= 15 is 0 Å². The number of nitrogens with zero attached hydrogens (tertiary/aromatic N) is 4. The summed E-state index contributed by atoms with van der Waals surface area (Å²) in [6.45, 7) is 0.258. The molecule has 4 heterocycles. The van der Waals surface area contributed by atoms with Crippen LogP contribution >= 0.6 is 11.6 Å². The van der Waals surface area contributed by atoms with Crippen molar-refractivity contribution in [1.82, 2.24) is 18.9 Å². The van der Waals surface area contributed by atoms with Gasteiger partial charge in [0.1, 0.15) is 0 Å². The Morgan fingerprint density at radius 2 is 1.74 bits per heavy atom. The van der Waals surface area contributed by atoms with Crippen molar-refractivity contribution < 1.29 is 8.42 Å². The summed E-state index contributed by atoms with van der Waals surface area (Å²) >= 11 is 6.25. The zero-order chi connectivity index (χ0) is 23.7. The maximum atomic E-state index is 13.3. The van der Waals surface area contributed by atoms with E-state index in [1.54, 1.807) is 67.3 Å². The van der Waals surface area contributed by atoms with E-state index in [4.69, 9.17) is 17.3 Å². The molecule has 0 spiro atoms. The van der Waals surface area contributed by atoms with Gasteiger partial charge in [-0.2, -0.15) is 0 Å². The maximum absolute atomic E-state index is 13.3. The van der Waals surface area contributed by atoms with Gasteiger partial charge in [0.05, 0.1) is 16.3 Å². The van der Waals surface area contributed by atoms with Crippen molar-refractivity contribution in [3.63, 3.8) is 0 Å². The molecule has 0 fully saturated rings. The summed E-state index contributed by atoms with van der Waals surface area (Å²) in [6.07, 6.45) is 7.09. The van der Waals surface area contributed by atoms with E-state index in [0.717, 1.165) is 22.1 Å². The van der Waals surface area contributed by atoms with Crippen LogP contribution in [-0.4, -0.2) is 27.3 Å². The van der Waals surface area contributed by atoms with E-state index < -0.39 is 10.0 Å². The Morgan fingerprint density at radius 3 is 2.47 bits per heavy atom. The molecule has 4 aromatic heterocycles. The first-order valence-corrected chi connectivity index (χ1v) is 12.3. The average Bonchev–Trinajstić information content (AvgIpc) is 3.24. The van der Waals surface area contributed by atoms with Gasteiger partial charge < -0.3 is 5.73 Å². The Labute approximate surface area is 201 Å². The fraction of sp³-hybridized carbons (Fsp3) is 0.0800. The van der Waals surface area contributed by atoms with Crippen LogP contribution in [0.1, 0.15) is 16.7 Å². The third-order valence-electron chi connectivity index (χ3n) is 5.58. The number of hydrogen-bond acceptors (Lipinski definition) is 6. The predicted molar refractivity (Wildman–Crippen MR) is 132 cm³/mol. The molecule has 0 saturated carbocycles. The first-order chi connectivity index (χ1) is 16.5. The number of rotatable bonds is 6. The van der Waals surface area contributed by atoms with Crippen LogP contribution in [0.25, 0.3) is 22.4 Å². The lowest BCUT2D eigenvalue weighted by Crippen LogP contribution is -2.12. The molecular formula is C25H20ClN5O2S. The van der Waals surface area contributed by atoms with Crippen molar-refractivity contribution in [2.75, 3.05) is 0 Å². The van der Waals surface area contributed by atoms with Gasteiger partial charge in [-0.3, -0.25) is 9.97 Å². The molecule has 7 nitrogen and oxygen atoms in total. The van der Waals surface area contributed by atoms with Crippen LogP contribution in [0.4, 0.5) is 0 Å². The van der Waals surface area contributed by atoms with Gasteiger partial charge in [0.25, 0.3) is 10.0 Å². The minimum absolute atomic E-state index is 0.208. The summed E-state index contributed by atoms with van der Waals surface area (Å²) in [4.78, 5) is 13.5. The topological polar surface area (TPSA) is 104 Å². The highest BCUT2D eigenvalue weighted by Gasteiger charge is 2.22. The van der Waals surface area contributed by atoms with Gasteiger partial charge in [-0.05, 0) is 47.5 Å². The Morgan fingerprint density at radius 1 is 0.912 bits per heavy atom. The molecule has 0 aliphatic heterocycles. The summed E-state index contributed by atoms with van der Waals surface area (Å²) in [5.41, 5.74) is 10.0. The number of halogens is 1. The molecule has 0 amide bonds. The van der Waals surface area contributed by atoms with E-state index in [0.29, 0.717) is 28.5 Å². The van der Waals surface area contributed by atoms with Crippen molar-refractivity contribution in [3.8, 4) is 11.4 Å². The van der Waals surface area contributed by atoms with Crippen molar-refractivity contribution in [2.45, 2.75) is 17.9 Å². The molecule has 0 unspecified atom stereocenters. The van der Waals surface area contributed by atoms with Crippen LogP contribution in [0.3, 0.4) is 0 Å². The number of aromatic nitrogens is 4. The van der Waals surface area contributed by atoms with Crippen LogP contribution < -0.4 is 5.73 Å². The highest BCUT2D eigenvalue weighted by Crippen LogP contribution is 2.28. The summed E-state index contributed by atoms with van der Waals surface area (Å²) in [5.74, 6) is 0. The Hall–Kier alpha value is -3.59. The summed E-state index contributed by atoms with van der Waals surface area (Å²) in [5, 5.41) is 1.33. The van der Waals surface area contributed by atoms with Crippen LogP contribution in [0.2, 0.25) is 5.02 Å². The number of pyridine rings is 3. The lowest BCUT2D eigenvalue weighted by molar-refractivity contribution is 0.588. The maximum Gasteiger partial charge on any atom is 0.269 e. The van der Waals surface area contributed by atoms with Gasteiger partial charge >= 0.3 is 0 Å². The van der Waals surface area contributed by atoms with Crippen LogP contribution in [-0.2, 0) is 23.0 Å². The average molecular weight is 490 g/mol. The molecule has 34 heavy (non-hydrogen) atoms. The molecule has 170 valence electrons. The monoisotopic (exact) mass is 489 g/mol. The molecule has 0 bridgehead atoms. The molecule has 0 aliphatic rings. The molecule has 0 saturated heterocycles. The van der Waals surface area contributed by atoms with Gasteiger partial charge in [0.15, 0.2) is 5.65 Å². The zero-order valence-corrected chi connectivity index (χ0v) is 19.5. The predicted octanol–water partition coefficient (Wildman–Crippen LogP) is 4.43. The van der Waals surface area contributed by atoms with Crippen LogP contribution in [0.15, 0.2) is 90.3 Å². The van der Waals surface area contributed by atoms with Gasteiger partial charge in [0, 0.05) is 53.7 Å². The second-order valence-corrected chi connectivity index (χ2v) is 9.92. The number of nitrogens with two attached hydrogens (primary N) is 1. The minimum Gasteiger partial charge on any atom is -0.326 e. The molecule has 0 aliphatic carbocycles. The van der Waals surface area contributed by atoms with E-state index in [1.807, 2.05) is 18.2 Å². The summed E-state index contributed by atoms with van der Waals surface area (Å²) < 4.78 is 27.8. The van der Waals surface area contributed by atoms with Gasteiger partial charge in [0.2, 0.25) is 0 Å². The zero-order valence-electron chi connectivity index (χ0n) is 18.0. The normalized spacial score (nSPS) is 11.7. The van der Waals surface area contributed by atoms with E-state index in [-0.39, 0.29) is 11.4 Å². The fourth-order valence-corrected chi connectivity index (χ4v) is 5.49. The Bertz CT molecular complexity index is 1580. The first kappa shape index (κ1) is 22.2. The quantitative estimate of drug-likeness (QED) is 0.378. The van der Waals surface area contributed by atoms with Crippen LogP contribution in [0, 0.1) is 0 Å². The molecule has 5 rings (SSSR count). The fourth-order valence-electron chi connectivity index (χ4n) is 3.90. The lowest BCUT2D eigenvalue weighted by atomic mass is 10.1. The van der Waals surface area contributed by atoms with Crippen molar-refractivity contribution in [2.24, 2.45) is 5.73 Å². The lowest BCUT2D eigenvalue weighted by Gasteiger charge is -2.08. The second kappa shape index (κ2) is 8.98. The van der Waals surface area contributed by atoms with Gasteiger partial charge in [-0.15, -0.1) is 0 Å². The van der Waals surface area contributed by atoms with Gasteiger partial charge in [-0.25, -0.2) is 17.4 Å². The molecule has 9 heteroatoms. The summed E-state index contributed by atoms with van der Waals surface area (Å²) in [6, 6.07) is 17.5. The molecule has 2 N–H and O–H groups in total. The van der Waals surface area contributed by atoms with Crippen molar-refractivity contribution in [1.29, 1.82) is 0 Å². The largest absolute Gasteiger partial charge is 0.326 e. The Kier molecular flexibility index (Phi) is 5.87. The highest BCUT2D eigenvalue weighted by atomic mass is 35.5. The third-order valence-corrected chi connectivity index (χ3v) is 7.60. The first-order valence-electron chi connectivity index (χ1n) is 10.5. The van der Waals surface area contributed by atoms with Gasteiger partial charge in [-0.1, -0.05) is 35.9 Å². The summed E-state index contributed by atoms with van der Waals surface area (Å²) in [7, 11) is -3.79. The molecule has 1 aromatic carbocycles. The molecule has 0 atom stereocenters. The SMILES string of the molecule is NCc1c(Cl)ccnc1-c1ccc(Cc2cn(S(=O)(=O)c3ccccc3)c3ncccc23)cn1. The van der Waals surface area contributed by atoms with Crippen molar-refractivity contribution >= 4 is 32.7 Å². The molecule has 0 radical (unpaired) electrons. The van der Waals surface area contributed by atoms with E-state index in [2.05, 4.69) is 15.0 Å². The number of benzene rings is 1. The third kappa shape index (κ3) is 3.96. The highest BCUT2D eigenvalue weighted by molar-refractivity contribution is 7.90. The van der Waals surface area contributed by atoms with E-state index in [9.17, 15) is 8.42 Å². The molecule has 5 aromatic rings. The minimum atomic E-state index is -3.79. The molecular weight excluding hydrogens is 470 g/mol. The Balaban J connectivity index is 1.52. The van der Waals surface area contributed by atoms with Crippen molar-refractivity contribution in [3.05, 3.63) is 107 Å². The number of hydrogen-bond donors (Lipinski definition) is 1.